The van der Waals surface area contributed by atoms with Crippen LogP contribution >= 0.6 is 0 Å². The second-order valence-corrected chi connectivity index (χ2v) is 6.07. The Morgan fingerprint density at radius 1 is 1.32 bits per heavy atom. The number of nitrogens with two attached hydrogens (primary N) is 1. The summed E-state index contributed by atoms with van der Waals surface area (Å²) in [5, 5.41) is 1.35. The number of nitrogens with one attached hydrogen (secondary N) is 1. The van der Waals surface area contributed by atoms with E-state index in [0.717, 1.165) is 26.1 Å². The maximum absolute atomic E-state index is 6.15. The molecule has 1 fully saturated rings. The molecule has 3 rings (SSSR count). The van der Waals surface area contributed by atoms with Crippen LogP contribution in [0.5, 0.6) is 0 Å². The van der Waals surface area contributed by atoms with Crippen molar-refractivity contribution in [3.63, 3.8) is 0 Å². The number of aromatic amines is 1. The van der Waals surface area contributed by atoms with Crippen LogP contribution < -0.4 is 5.73 Å². The van der Waals surface area contributed by atoms with Crippen LogP contribution in [0.3, 0.4) is 0 Å². The van der Waals surface area contributed by atoms with Crippen molar-refractivity contribution in [2.24, 2.45) is 11.7 Å². The fraction of sp³-hybridized carbons (Fsp3) is 0.500. The van der Waals surface area contributed by atoms with Crippen LogP contribution in [-0.2, 0) is 6.54 Å². The van der Waals surface area contributed by atoms with Crippen molar-refractivity contribution in [2.75, 3.05) is 13.1 Å². The second-order valence-electron chi connectivity index (χ2n) is 6.07. The summed E-state index contributed by atoms with van der Waals surface area (Å²) in [6.45, 7) is 7.65. The Morgan fingerprint density at radius 2 is 2.11 bits per heavy atom. The van der Waals surface area contributed by atoms with Crippen LogP contribution in [0.1, 0.15) is 24.6 Å². The lowest BCUT2D eigenvalue weighted by atomic mass is 9.96. The second kappa shape index (κ2) is 4.99. The van der Waals surface area contributed by atoms with Crippen LogP contribution in [0.4, 0.5) is 0 Å². The van der Waals surface area contributed by atoms with Crippen molar-refractivity contribution in [2.45, 2.75) is 32.9 Å². The third-order valence-corrected chi connectivity index (χ3v) is 4.18. The summed E-state index contributed by atoms with van der Waals surface area (Å²) in [4.78, 5) is 5.98. The normalized spacial score (nSPS) is 25.0. The monoisotopic (exact) mass is 257 g/mol. The Hall–Kier alpha value is -1.32. The third kappa shape index (κ3) is 2.53. The summed E-state index contributed by atoms with van der Waals surface area (Å²) in [6, 6.07) is 8.89. The summed E-state index contributed by atoms with van der Waals surface area (Å²) >= 11 is 0. The largest absolute Gasteiger partial charge is 0.358 e. The van der Waals surface area contributed by atoms with E-state index in [-0.39, 0.29) is 0 Å². The summed E-state index contributed by atoms with van der Waals surface area (Å²) in [6.07, 6.45) is 1.16. The first-order valence-corrected chi connectivity index (χ1v) is 7.17. The Bertz CT molecular complexity index is 562. The minimum atomic E-state index is 0.328. The molecule has 2 unspecified atom stereocenters. The Kier molecular flexibility index (Phi) is 3.33. The molecule has 102 valence electrons. The standard InChI is InChI=1S/C16H23N3/c1-11-7-13(17)9-19(8-11)10-15-12(2)18-16-6-4-3-5-14(15)16/h3-6,11,13,18H,7-10,17H2,1-2H3. The zero-order valence-electron chi connectivity index (χ0n) is 11.8. The average molecular weight is 257 g/mol. The molecule has 1 aliphatic rings. The number of aromatic nitrogens is 1. The van der Waals surface area contributed by atoms with Crippen LogP contribution in [0.2, 0.25) is 0 Å². The molecule has 3 nitrogen and oxygen atoms in total. The van der Waals surface area contributed by atoms with Gasteiger partial charge in [0.15, 0.2) is 0 Å². The smallest absolute Gasteiger partial charge is 0.0459 e. The molecule has 0 saturated carbocycles. The third-order valence-electron chi connectivity index (χ3n) is 4.18. The van der Waals surface area contributed by atoms with E-state index in [9.17, 15) is 0 Å². The van der Waals surface area contributed by atoms with E-state index >= 15 is 0 Å². The van der Waals surface area contributed by atoms with Gasteiger partial charge in [-0.25, -0.2) is 0 Å². The van der Waals surface area contributed by atoms with E-state index in [1.165, 1.54) is 22.2 Å². The van der Waals surface area contributed by atoms with Gasteiger partial charge in [0.25, 0.3) is 0 Å². The molecule has 1 aromatic heterocycles. The minimum absolute atomic E-state index is 0.328. The lowest BCUT2D eigenvalue weighted by Gasteiger charge is -2.34. The van der Waals surface area contributed by atoms with Gasteiger partial charge < -0.3 is 10.7 Å². The molecule has 1 saturated heterocycles. The molecular formula is C16H23N3. The number of aryl methyl sites for hydroxylation is 1. The summed E-state index contributed by atoms with van der Waals surface area (Å²) in [5.41, 5.74) is 10.1. The van der Waals surface area contributed by atoms with Gasteiger partial charge in [0.1, 0.15) is 0 Å². The molecule has 3 heteroatoms. The number of hydrogen-bond acceptors (Lipinski definition) is 2. The molecule has 0 radical (unpaired) electrons. The lowest BCUT2D eigenvalue weighted by Crippen LogP contribution is -2.45. The lowest BCUT2D eigenvalue weighted by molar-refractivity contribution is 0.158. The first-order valence-electron chi connectivity index (χ1n) is 7.17. The molecule has 0 aliphatic carbocycles. The van der Waals surface area contributed by atoms with E-state index in [1.807, 2.05) is 0 Å². The van der Waals surface area contributed by atoms with Gasteiger partial charge in [-0.3, -0.25) is 4.90 Å². The highest BCUT2D eigenvalue weighted by Gasteiger charge is 2.23. The number of H-pyrrole nitrogens is 1. The fourth-order valence-corrected chi connectivity index (χ4v) is 3.40. The number of hydrogen-bond donors (Lipinski definition) is 2. The van der Waals surface area contributed by atoms with Crippen LogP contribution in [-0.4, -0.2) is 29.0 Å². The van der Waals surface area contributed by atoms with Crippen LogP contribution in [0.15, 0.2) is 24.3 Å². The van der Waals surface area contributed by atoms with Gasteiger partial charge >= 0.3 is 0 Å². The van der Waals surface area contributed by atoms with Gasteiger partial charge in [-0.1, -0.05) is 25.1 Å². The van der Waals surface area contributed by atoms with E-state index in [4.69, 9.17) is 5.73 Å². The van der Waals surface area contributed by atoms with Crippen molar-refractivity contribution in [1.82, 2.24) is 9.88 Å². The van der Waals surface area contributed by atoms with Gasteiger partial charge in [-0.15, -0.1) is 0 Å². The summed E-state index contributed by atoms with van der Waals surface area (Å²) < 4.78 is 0. The first kappa shape index (κ1) is 12.7. The van der Waals surface area contributed by atoms with E-state index in [0.29, 0.717) is 12.0 Å². The average Bonchev–Trinajstić information content (AvgIpc) is 2.65. The fourth-order valence-electron chi connectivity index (χ4n) is 3.40. The highest BCUT2D eigenvalue weighted by molar-refractivity contribution is 5.84. The maximum Gasteiger partial charge on any atom is 0.0459 e. The van der Waals surface area contributed by atoms with Gasteiger partial charge in [0, 0.05) is 42.3 Å². The number of rotatable bonds is 2. The molecule has 2 aromatic rings. The molecule has 2 atom stereocenters. The van der Waals surface area contributed by atoms with Crippen molar-refractivity contribution in [1.29, 1.82) is 0 Å². The topological polar surface area (TPSA) is 45.0 Å². The SMILES string of the molecule is Cc1[nH]c2ccccc2c1CN1CC(C)CC(N)C1. The van der Waals surface area contributed by atoms with Gasteiger partial charge in [0.2, 0.25) is 0 Å². The van der Waals surface area contributed by atoms with Gasteiger partial charge in [-0.2, -0.15) is 0 Å². The maximum atomic E-state index is 6.15. The molecule has 2 heterocycles. The Morgan fingerprint density at radius 3 is 2.89 bits per heavy atom. The minimum Gasteiger partial charge on any atom is -0.358 e. The number of benzene rings is 1. The first-order chi connectivity index (χ1) is 9.13. The highest BCUT2D eigenvalue weighted by Crippen LogP contribution is 2.25. The zero-order chi connectivity index (χ0) is 13.4. The molecule has 3 N–H and O–H groups in total. The van der Waals surface area contributed by atoms with Crippen molar-refractivity contribution in [3.05, 3.63) is 35.5 Å². The van der Waals surface area contributed by atoms with E-state index in [1.54, 1.807) is 0 Å². The van der Waals surface area contributed by atoms with Crippen molar-refractivity contribution in [3.8, 4) is 0 Å². The zero-order valence-corrected chi connectivity index (χ0v) is 11.8. The predicted octanol–water partition coefficient (Wildman–Crippen LogP) is 2.65. The van der Waals surface area contributed by atoms with Gasteiger partial charge in [-0.05, 0) is 30.9 Å². The molecule has 1 aliphatic heterocycles. The van der Waals surface area contributed by atoms with Crippen molar-refractivity contribution < 1.29 is 0 Å². The predicted molar refractivity (Wildman–Crippen MR) is 80.1 cm³/mol. The quantitative estimate of drug-likeness (QED) is 0.868. The highest BCUT2D eigenvalue weighted by atomic mass is 15.1. The number of likely N-dealkylation sites (tertiary alicyclic amines) is 1. The number of para-hydroxylation sites is 1. The molecule has 0 spiro atoms. The number of piperidine rings is 1. The van der Waals surface area contributed by atoms with E-state index < -0.39 is 0 Å². The molecule has 0 bridgehead atoms. The van der Waals surface area contributed by atoms with Crippen molar-refractivity contribution >= 4 is 10.9 Å². The summed E-state index contributed by atoms with van der Waals surface area (Å²) in [5.74, 6) is 0.703. The molecule has 1 aromatic carbocycles. The van der Waals surface area contributed by atoms with E-state index in [2.05, 4.69) is 48.0 Å². The number of nitrogens with zero attached hydrogens (tertiary/aromatic N) is 1. The number of fused-ring (bicyclic) bond motifs is 1. The van der Waals surface area contributed by atoms with Crippen LogP contribution in [0, 0.1) is 12.8 Å². The van der Waals surface area contributed by atoms with Crippen LogP contribution in [0.25, 0.3) is 10.9 Å². The Labute approximate surface area is 114 Å². The van der Waals surface area contributed by atoms with Gasteiger partial charge in [0.05, 0.1) is 0 Å². The molecule has 19 heavy (non-hydrogen) atoms. The summed E-state index contributed by atoms with van der Waals surface area (Å²) in [7, 11) is 0. The molecule has 0 amide bonds. The molecular weight excluding hydrogens is 234 g/mol. The Balaban J connectivity index is 1.86.